The highest BCUT2D eigenvalue weighted by Crippen LogP contribution is 2.30. The van der Waals surface area contributed by atoms with Crippen molar-refractivity contribution in [2.24, 2.45) is 5.92 Å². The van der Waals surface area contributed by atoms with Crippen LogP contribution < -0.4 is 5.32 Å². The number of hydrogen-bond donors (Lipinski definition) is 1. The third-order valence-electron chi connectivity index (χ3n) is 4.79. The summed E-state index contributed by atoms with van der Waals surface area (Å²) in [6, 6.07) is 0.348. The lowest BCUT2D eigenvalue weighted by Gasteiger charge is -2.35. The highest BCUT2D eigenvalue weighted by molar-refractivity contribution is 4.98. The van der Waals surface area contributed by atoms with E-state index in [9.17, 15) is 0 Å². The van der Waals surface area contributed by atoms with Crippen molar-refractivity contribution < 1.29 is 4.74 Å². The van der Waals surface area contributed by atoms with Crippen LogP contribution in [0.4, 0.5) is 0 Å². The van der Waals surface area contributed by atoms with Crippen LogP contribution in [0.2, 0.25) is 0 Å². The molecule has 0 spiro atoms. The summed E-state index contributed by atoms with van der Waals surface area (Å²) in [5.74, 6) is 1.86. The van der Waals surface area contributed by atoms with Crippen LogP contribution in [0.3, 0.4) is 0 Å². The molecule has 1 fully saturated rings. The van der Waals surface area contributed by atoms with Gasteiger partial charge < -0.3 is 14.6 Å². The van der Waals surface area contributed by atoms with E-state index in [1.165, 1.54) is 32.1 Å². The SMILES string of the molecule is CCOC(C1CCCCC1)C(Cc1nccn1CC)NC. The van der Waals surface area contributed by atoms with Crippen molar-refractivity contribution in [3.63, 3.8) is 0 Å². The zero-order valence-corrected chi connectivity index (χ0v) is 13.8. The lowest BCUT2D eigenvalue weighted by atomic mass is 9.81. The van der Waals surface area contributed by atoms with E-state index in [-0.39, 0.29) is 0 Å². The van der Waals surface area contributed by atoms with Gasteiger partial charge in [-0.15, -0.1) is 0 Å². The van der Waals surface area contributed by atoms with Gasteiger partial charge in [-0.3, -0.25) is 0 Å². The molecule has 0 aliphatic heterocycles. The van der Waals surface area contributed by atoms with Gasteiger partial charge in [0, 0.05) is 38.0 Å². The summed E-state index contributed by atoms with van der Waals surface area (Å²) in [5.41, 5.74) is 0. The summed E-state index contributed by atoms with van der Waals surface area (Å²) in [4.78, 5) is 4.53. The third-order valence-corrected chi connectivity index (χ3v) is 4.79. The van der Waals surface area contributed by atoms with Gasteiger partial charge in [-0.1, -0.05) is 19.3 Å². The molecule has 1 heterocycles. The first-order chi connectivity index (χ1) is 10.3. The molecule has 0 saturated heterocycles. The van der Waals surface area contributed by atoms with Crippen molar-refractivity contribution in [3.8, 4) is 0 Å². The fourth-order valence-corrected chi connectivity index (χ4v) is 3.63. The topological polar surface area (TPSA) is 39.1 Å². The Balaban J connectivity index is 2.07. The molecule has 4 nitrogen and oxygen atoms in total. The van der Waals surface area contributed by atoms with Gasteiger partial charge in [0.15, 0.2) is 0 Å². The van der Waals surface area contributed by atoms with Crippen molar-refractivity contribution in [1.82, 2.24) is 14.9 Å². The largest absolute Gasteiger partial charge is 0.377 e. The molecule has 2 rings (SSSR count). The zero-order chi connectivity index (χ0) is 15.1. The summed E-state index contributed by atoms with van der Waals surface area (Å²) in [7, 11) is 2.05. The van der Waals surface area contributed by atoms with Gasteiger partial charge in [0.05, 0.1) is 6.10 Å². The smallest absolute Gasteiger partial charge is 0.110 e. The molecule has 1 aliphatic rings. The predicted octanol–water partition coefficient (Wildman–Crippen LogP) is 3.02. The van der Waals surface area contributed by atoms with E-state index in [1.807, 2.05) is 6.20 Å². The number of likely N-dealkylation sites (N-methyl/N-ethyl adjacent to an activating group) is 1. The molecule has 2 unspecified atom stereocenters. The molecule has 1 aliphatic carbocycles. The zero-order valence-electron chi connectivity index (χ0n) is 13.8. The van der Waals surface area contributed by atoms with Crippen LogP contribution in [0.5, 0.6) is 0 Å². The molecule has 2 atom stereocenters. The van der Waals surface area contributed by atoms with E-state index in [4.69, 9.17) is 4.74 Å². The van der Waals surface area contributed by atoms with E-state index in [1.54, 1.807) is 0 Å². The van der Waals surface area contributed by atoms with Crippen LogP contribution in [0.1, 0.15) is 51.8 Å². The van der Waals surface area contributed by atoms with E-state index in [0.29, 0.717) is 18.1 Å². The lowest BCUT2D eigenvalue weighted by Crippen LogP contribution is -2.46. The highest BCUT2D eigenvalue weighted by atomic mass is 16.5. The second-order valence-electron chi connectivity index (χ2n) is 6.05. The van der Waals surface area contributed by atoms with Gasteiger partial charge in [0.25, 0.3) is 0 Å². The van der Waals surface area contributed by atoms with Crippen LogP contribution in [-0.2, 0) is 17.7 Å². The number of imidazole rings is 1. The summed E-state index contributed by atoms with van der Waals surface area (Å²) < 4.78 is 8.39. The molecule has 21 heavy (non-hydrogen) atoms. The minimum absolute atomic E-state index is 0.308. The Bertz CT molecular complexity index is 398. The predicted molar refractivity (Wildman–Crippen MR) is 86.4 cm³/mol. The maximum Gasteiger partial charge on any atom is 0.110 e. The average Bonchev–Trinajstić information content (AvgIpc) is 2.98. The molecule has 0 amide bonds. The molecular formula is C17H31N3O. The van der Waals surface area contributed by atoms with Crippen molar-refractivity contribution in [2.45, 2.75) is 71.1 Å². The molecule has 120 valence electrons. The second kappa shape index (κ2) is 8.54. The molecular weight excluding hydrogens is 262 g/mol. The molecule has 0 radical (unpaired) electrons. The third kappa shape index (κ3) is 4.30. The Kier molecular flexibility index (Phi) is 6.71. The van der Waals surface area contributed by atoms with Crippen LogP contribution in [0, 0.1) is 5.92 Å². The molecule has 4 heteroatoms. The van der Waals surface area contributed by atoms with E-state index in [2.05, 4.69) is 42.0 Å². The van der Waals surface area contributed by atoms with E-state index < -0.39 is 0 Å². The standard InChI is InChI=1S/C17H31N3O/c1-4-20-12-11-19-16(20)13-15(18-3)17(21-5-2)14-9-7-6-8-10-14/h11-12,14-15,17-18H,4-10,13H2,1-3H3. The normalized spacial score (nSPS) is 19.6. The Morgan fingerprint density at radius 1 is 1.33 bits per heavy atom. The Morgan fingerprint density at radius 2 is 2.10 bits per heavy atom. The quantitative estimate of drug-likeness (QED) is 0.801. The van der Waals surface area contributed by atoms with Gasteiger partial charge in [0.2, 0.25) is 0 Å². The Morgan fingerprint density at radius 3 is 2.71 bits per heavy atom. The van der Waals surface area contributed by atoms with Crippen molar-refractivity contribution >= 4 is 0 Å². The number of hydrogen-bond acceptors (Lipinski definition) is 3. The molecule has 0 bridgehead atoms. The second-order valence-corrected chi connectivity index (χ2v) is 6.05. The Hall–Kier alpha value is -0.870. The van der Waals surface area contributed by atoms with E-state index >= 15 is 0 Å². The van der Waals surface area contributed by atoms with Gasteiger partial charge in [0.1, 0.15) is 5.82 Å². The first kappa shape index (κ1) is 16.5. The van der Waals surface area contributed by atoms with Gasteiger partial charge in [-0.05, 0) is 39.7 Å². The number of nitrogens with one attached hydrogen (secondary N) is 1. The summed E-state index contributed by atoms with van der Waals surface area (Å²) >= 11 is 0. The molecule has 1 saturated carbocycles. The van der Waals surface area contributed by atoms with Gasteiger partial charge >= 0.3 is 0 Å². The highest BCUT2D eigenvalue weighted by Gasteiger charge is 2.31. The monoisotopic (exact) mass is 293 g/mol. The minimum atomic E-state index is 0.308. The maximum atomic E-state index is 6.16. The summed E-state index contributed by atoms with van der Waals surface area (Å²) in [6.45, 7) is 6.05. The van der Waals surface area contributed by atoms with Crippen molar-refractivity contribution in [1.29, 1.82) is 0 Å². The number of aromatic nitrogens is 2. The number of nitrogens with zero attached hydrogens (tertiary/aromatic N) is 2. The van der Waals surface area contributed by atoms with Gasteiger partial charge in [-0.25, -0.2) is 4.98 Å². The minimum Gasteiger partial charge on any atom is -0.377 e. The summed E-state index contributed by atoms with van der Waals surface area (Å²) in [5, 5.41) is 3.50. The van der Waals surface area contributed by atoms with Crippen molar-refractivity contribution in [2.75, 3.05) is 13.7 Å². The Labute approximate surface area is 129 Å². The molecule has 1 N–H and O–H groups in total. The fourth-order valence-electron chi connectivity index (χ4n) is 3.63. The van der Waals surface area contributed by atoms with Crippen LogP contribution in [-0.4, -0.2) is 35.4 Å². The van der Waals surface area contributed by atoms with Crippen LogP contribution >= 0.6 is 0 Å². The van der Waals surface area contributed by atoms with Crippen LogP contribution in [0.15, 0.2) is 12.4 Å². The average molecular weight is 293 g/mol. The maximum absolute atomic E-state index is 6.16. The molecule has 1 aromatic heterocycles. The molecule has 1 aromatic rings. The fraction of sp³-hybridized carbons (Fsp3) is 0.824. The van der Waals surface area contributed by atoms with Crippen LogP contribution in [0.25, 0.3) is 0 Å². The molecule has 0 aromatic carbocycles. The number of aryl methyl sites for hydroxylation is 1. The number of ether oxygens (including phenoxy) is 1. The van der Waals surface area contributed by atoms with Crippen molar-refractivity contribution in [3.05, 3.63) is 18.2 Å². The summed E-state index contributed by atoms with van der Waals surface area (Å²) in [6.07, 6.45) is 11.9. The first-order valence-corrected chi connectivity index (χ1v) is 8.59. The number of rotatable bonds is 8. The lowest BCUT2D eigenvalue weighted by molar-refractivity contribution is -0.0164. The van der Waals surface area contributed by atoms with E-state index in [0.717, 1.165) is 25.4 Å². The van der Waals surface area contributed by atoms with Gasteiger partial charge in [-0.2, -0.15) is 0 Å². The first-order valence-electron chi connectivity index (χ1n) is 8.59.